The summed E-state index contributed by atoms with van der Waals surface area (Å²) in [6.45, 7) is 7.81. The Kier molecular flexibility index (Phi) is 6.24. The van der Waals surface area contributed by atoms with E-state index in [2.05, 4.69) is 33.6 Å². The molecule has 28 heavy (non-hydrogen) atoms. The van der Waals surface area contributed by atoms with E-state index in [9.17, 15) is 22.4 Å². The van der Waals surface area contributed by atoms with Gasteiger partial charge in [0.25, 0.3) is 5.91 Å². The minimum Gasteiger partial charge on any atom is -0.456 e. The van der Waals surface area contributed by atoms with Gasteiger partial charge in [0.05, 0.1) is 6.20 Å². The maximum absolute atomic E-state index is 12.8. The number of amides is 1. The van der Waals surface area contributed by atoms with Crippen LogP contribution in [0.1, 0.15) is 21.9 Å². The molecule has 10 heteroatoms. The molecular weight excluding hydrogens is 380 g/mol. The van der Waals surface area contributed by atoms with Gasteiger partial charge in [0, 0.05) is 23.9 Å². The van der Waals surface area contributed by atoms with Gasteiger partial charge in [-0.05, 0) is 25.8 Å². The second-order valence-electron chi connectivity index (χ2n) is 5.40. The molecule has 0 saturated heterocycles. The summed E-state index contributed by atoms with van der Waals surface area (Å²) in [5.74, 6) is -1.55. The Morgan fingerprint density at radius 1 is 1.29 bits per heavy atom. The number of aromatic nitrogens is 2. The number of allylic oxidation sites excluding steroid dienone is 2. The number of nitrogens with one attached hydrogen (secondary N) is 1. The summed E-state index contributed by atoms with van der Waals surface area (Å²) >= 11 is 0. The Morgan fingerprint density at radius 3 is 2.54 bits per heavy atom. The van der Waals surface area contributed by atoms with E-state index in [-0.39, 0.29) is 23.0 Å². The molecule has 0 saturated carbocycles. The molecule has 0 aliphatic heterocycles. The number of hydrogen-bond donors (Lipinski definition) is 1. The van der Waals surface area contributed by atoms with Crippen LogP contribution in [0.4, 0.5) is 17.6 Å². The highest BCUT2D eigenvalue weighted by Crippen LogP contribution is 2.29. The summed E-state index contributed by atoms with van der Waals surface area (Å²) in [5.41, 5.74) is -0.750. The van der Waals surface area contributed by atoms with Crippen LogP contribution >= 0.6 is 0 Å². The van der Waals surface area contributed by atoms with Crippen LogP contribution in [-0.4, -0.2) is 22.6 Å². The first kappa shape index (κ1) is 20.7. The number of aryl methyl sites for hydroxylation is 1. The zero-order valence-electron chi connectivity index (χ0n) is 14.5. The van der Waals surface area contributed by atoms with Crippen molar-refractivity contribution < 1.29 is 27.1 Å². The minimum atomic E-state index is -4.56. The first-order chi connectivity index (χ1) is 13.1. The van der Waals surface area contributed by atoms with Crippen LogP contribution in [0.3, 0.4) is 0 Å². The number of nitrogens with zero attached hydrogens (tertiary/aromatic N) is 3. The molecule has 2 rings (SSSR count). The van der Waals surface area contributed by atoms with Gasteiger partial charge < -0.3 is 10.1 Å². The monoisotopic (exact) mass is 394 g/mol. The molecule has 0 bridgehead atoms. The van der Waals surface area contributed by atoms with Gasteiger partial charge in [0.1, 0.15) is 34.5 Å². The molecule has 0 radical (unpaired) electrons. The fourth-order valence-electron chi connectivity index (χ4n) is 2.01. The minimum absolute atomic E-state index is 0.0343. The third-order valence-corrected chi connectivity index (χ3v) is 3.13. The number of halogens is 4. The molecule has 0 fully saturated rings. The molecule has 0 unspecified atom stereocenters. The maximum Gasteiger partial charge on any atom is 0.433 e. The Hall–Kier alpha value is -3.56. The van der Waals surface area contributed by atoms with E-state index < -0.39 is 23.6 Å². The van der Waals surface area contributed by atoms with Crippen molar-refractivity contribution in [2.75, 3.05) is 0 Å². The van der Waals surface area contributed by atoms with Crippen LogP contribution in [0.25, 0.3) is 0 Å². The molecule has 2 heterocycles. The molecule has 2 aromatic heterocycles. The number of carbonyl (C=O) groups excluding carboxylic acids is 1. The summed E-state index contributed by atoms with van der Waals surface area (Å²) in [4.78, 5) is 23.0. The average molecular weight is 394 g/mol. The Morgan fingerprint density at radius 2 is 2.00 bits per heavy atom. The third-order valence-electron chi connectivity index (χ3n) is 3.13. The molecule has 0 spiro atoms. The van der Waals surface area contributed by atoms with Crippen molar-refractivity contribution in [2.45, 2.75) is 13.1 Å². The molecular formula is C18H14F4N4O2. The molecule has 0 aliphatic carbocycles. The predicted octanol–water partition coefficient (Wildman–Crippen LogP) is 4.35. The summed E-state index contributed by atoms with van der Waals surface area (Å²) in [5, 5.41) is 2.29. The lowest BCUT2D eigenvalue weighted by molar-refractivity contribution is -0.141. The van der Waals surface area contributed by atoms with Crippen LogP contribution < -0.4 is 10.1 Å². The number of hydrogen-bond acceptors (Lipinski definition) is 5. The quantitative estimate of drug-likeness (QED) is 0.449. The van der Waals surface area contributed by atoms with Crippen LogP contribution in [0.15, 0.2) is 59.8 Å². The van der Waals surface area contributed by atoms with Gasteiger partial charge in [-0.2, -0.15) is 13.2 Å². The highest BCUT2D eigenvalue weighted by molar-refractivity contribution is 5.94. The van der Waals surface area contributed by atoms with E-state index in [0.29, 0.717) is 5.69 Å². The van der Waals surface area contributed by atoms with E-state index in [4.69, 9.17) is 4.74 Å². The van der Waals surface area contributed by atoms with E-state index in [1.807, 2.05) is 0 Å². The standard InChI is InChI=1S/C18H14F4N4O2/c1-10(19)6-16(23-3)26-17(27)14-8-13(7-11(2)25-14)28-12-4-5-15(24-9-12)18(20,21)22/h4-9H,1,3H2,2H3,(H,26,27)/b16-6+. The van der Waals surface area contributed by atoms with Crippen LogP contribution in [0.5, 0.6) is 11.5 Å². The molecule has 6 nitrogen and oxygen atoms in total. The maximum atomic E-state index is 12.8. The molecule has 146 valence electrons. The highest BCUT2D eigenvalue weighted by Gasteiger charge is 2.32. The normalized spacial score (nSPS) is 11.7. The van der Waals surface area contributed by atoms with Crippen molar-refractivity contribution in [2.24, 2.45) is 4.99 Å². The highest BCUT2D eigenvalue weighted by atomic mass is 19.4. The Bertz CT molecular complexity index is 938. The lowest BCUT2D eigenvalue weighted by Gasteiger charge is -2.10. The van der Waals surface area contributed by atoms with E-state index >= 15 is 0 Å². The zero-order chi connectivity index (χ0) is 20.9. The van der Waals surface area contributed by atoms with Gasteiger partial charge in [0.15, 0.2) is 0 Å². The fourth-order valence-corrected chi connectivity index (χ4v) is 2.01. The van der Waals surface area contributed by atoms with Crippen LogP contribution in [0, 0.1) is 6.92 Å². The van der Waals surface area contributed by atoms with Gasteiger partial charge in [-0.3, -0.25) is 4.79 Å². The predicted molar refractivity (Wildman–Crippen MR) is 93.6 cm³/mol. The van der Waals surface area contributed by atoms with Crippen molar-refractivity contribution in [3.63, 3.8) is 0 Å². The van der Waals surface area contributed by atoms with E-state index in [1.165, 1.54) is 12.1 Å². The average Bonchev–Trinajstić information content (AvgIpc) is 2.59. The van der Waals surface area contributed by atoms with Crippen molar-refractivity contribution in [1.29, 1.82) is 0 Å². The van der Waals surface area contributed by atoms with Crippen molar-refractivity contribution in [3.8, 4) is 11.5 Å². The van der Waals surface area contributed by atoms with Crippen molar-refractivity contribution in [3.05, 3.63) is 71.8 Å². The number of ether oxygens (including phenoxy) is 1. The van der Waals surface area contributed by atoms with Gasteiger partial charge in [-0.25, -0.2) is 19.4 Å². The lowest BCUT2D eigenvalue weighted by Crippen LogP contribution is -2.23. The van der Waals surface area contributed by atoms with E-state index in [1.54, 1.807) is 6.92 Å². The molecule has 0 aromatic carbocycles. The Balaban J connectivity index is 2.22. The summed E-state index contributed by atoms with van der Waals surface area (Å²) in [6.07, 6.45) is -2.79. The lowest BCUT2D eigenvalue weighted by atomic mass is 10.2. The van der Waals surface area contributed by atoms with E-state index in [0.717, 1.165) is 24.4 Å². The van der Waals surface area contributed by atoms with Crippen LogP contribution in [-0.2, 0) is 6.18 Å². The van der Waals surface area contributed by atoms with Gasteiger partial charge in [-0.1, -0.05) is 6.58 Å². The van der Waals surface area contributed by atoms with Gasteiger partial charge in [-0.15, -0.1) is 0 Å². The van der Waals surface area contributed by atoms with Crippen molar-refractivity contribution >= 4 is 12.6 Å². The topological polar surface area (TPSA) is 76.5 Å². The van der Waals surface area contributed by atoms with Crippen LogP contribution in [0.2, 0.25) is 0 Å². The SMILES string of the molecule is C=N/C(=C\C(=C)F)NC(=O)c1cc(Oc2ccc(C(F)(F)F)nc2)cc(C)n1. The molecule has 0 atom stereocenters. The summed E-state index contributed by atoms with van der Waals surface area (Å²) in [6, 6.07) is 4.60. The number of rotatable bonds is 6. The fraction of sp³-hybridized carbons (Fsp3) is 0.111. The Labute approximate surface area is 157 Å². The number of alkyl halides is 3. The summed E-state index contributed by atoms with van der Waals surface area (Å²) in [7, 11) is 0. The molecule has 0 aliphatic rings. The van der Waals surface area contributed by atoms with Crippen molar-refractivity contribution in [1.82, 2.24) is 15.3 Å². The third kappa shape index (κ3) is 5.73. The first-order valence-corrected chi connectivity index (χ1v) is 7.62. The smallest absolute Gasteiger partial charge is 0.433 e. The molecule has 1 amide bonds. The number of carbonyl (C=O) groups is 1. The first-order valence-electron chi connectivity index (χ1n) is 7.62. The number of aliphatic imine (C=N–C) groups is 1. The largest absolute Gasteiger partial charge is 0.456 e. The molecule has 2 aromatic rings. The summed E-state index contributed by atoms with van der Waals surface area (Å²) < 4.78 is 55.9. The number of pyridine rings is 2. The van der Waals surface area contributed by atoms with Gasteiger partial charge in [0.2, 0.25) is 0 Å². The zero-order valence-corrected chi connectivity index (χ0v) is 14.5. The molecule has 1 N–H and O–H groups in total. The van der Waals surface area contributed by atoms with Gasteiger partial charge >= 0.3 is 6.18 Å². The second kappa shape index (κ2) is 8.42. The second-order valence-corrected chi connectivity index (χ2v) is 5.40.